The van der Waals surface area contributed by atoms with Crippen LogP contribution in [0, 0.1) is 23.3 Å². The van der Waals surface area contributed by atoms with E-state index in [4.69, 9.17) is 38.9 Å². The fourth-order valence-electron chi connectivity index (χ4n) is 3.82. The number of hydrogen-bond acceptors (Lipinski definition) is 12. The molecule has 1 saturated heterocycles. The summed E-state index contributed by atoms with van der Waals surface area (Å²) in [6.45, 7) is 4.62. The Morgan fingerprint density at radius 2 is 1.21 bits per heavy atom. The van der Waals surface area contributed by atoms with E-state index in [-0.39, 0.29) is 39.6 Å². The monoisotopic (exact) mass is 612 g/mol. The highest BCUT2D eigenvalue weighted by Gasteiger charge is 2.50. The number of ether oxygens (including phenoxy) is 7. The van der Waals surface area contributed by atoms with Crippen LogP contribution in [0.1, 0.15) is 38.1 Å². The van der Waals surface area contributed by atoms with Crippen molar-refractivity contribution in [2.45, 2.75) is 58.4 Å². The fraction of sp³-hybridized carbons (Fsp3) is 0.600. The van der Waals surface area contributed by atoms with Crippen molar-refractivity contribution < 1.29 is 69.9 Å². The number of amides is 1. The summed E-state index contributed by atoms with van der Waals surface area (Å²) in [6.07, 6.45) is -5.52. The normalized spacial score (nSPS) is 21.9. The lowest BCUT2D eigenvalue weighted by Gasteiger charge is -2.43. The lowest BCUT2D eigenvalue weighted by Crippen LogP contribution is -2.61. The Morgan fingerprint density at radius 1 is 0.738 bits per heavy atom. The number of rotatable bonds is 14. The summed E-state index contributed by atoms with van der Waals surface area (Å²) in [5, 5.41) is 2.06. The third-order valence-electron chi connectivity index (χ3n) is 5.57. The molecule has 5 atom stereocenters. The van der Waals surface area contributed by atoms with E-state index in [1.165, 1.54) is 0 Å². The maximum atomic E-state index is 13.8. The molecule has 0 bridgehead atoms. The van der Waals surface area contributed by atoms with Crippen molar-refractivity contribution in [3.8, 4) is 0 Å². The summed E-state index contributed by atoms with van der Waals surface area (Å²) in [5.74, 6) is -11.1. The van der Waals surface area contributed by atoms with Crippen molar-refractivity contribution in [1.82, 2.24) is 5.32 Å². The van der Waals surface area contributed by atoms with Gasteiger partial charge in [0, 0.05) is 27.3 Å². The van der Waals surface area contributed by atoms with E-state index >= 15 is 0 Å². The minimum Gasteiger partial charge on any atom is -0.456 e. The van der Waals surface area contributed by atoms with Crippen LogP contribution >= 0.6 is 0 Å². The minimum absolute atomic E-state index is 0.0134. The number of nitrogens with one attached hydrogen (secondary N) is 1. The molecule has 0 spiro atoms. The summed E-state index contributed by atoms with van der Waals surface area (Å²) in [5.41, 5.74) is 2.08. The molecule has 2 rings (SSSR count). The largest absolute Gasteiger partial charge is 0.456 e. The van der Waals surface area contributed by atoms with Gasteiger partial charge >= 0.3 is 17.9 Å². The lowest BCUT2D eigenvalue weighted by atomic mass is 9.99. The van der Waals surface area contributed by atoms with Gasteiger partial charge in [0.05, 0.1) is 39.1 Å². The van der Waals surface area contributed by atoms with Crippen LogP contribution in [0.25, 0.3) is 0 Å². The SMILES string of the molecule is CC(=O)OC1C(OC(C)=O)[C@H](C)OC(OCCOCCOCCNC(=O)c2c(F)c(F)c(N)c(F)c2F)[C@H]1OC(C)=O. The van der Waals surface area contributed by atoms with Crippen LogP contribution in [0.5, 0.6) is 0 Å². The van der Waals surface area contributed by atoms with Gasteiger partial charge in [0.15, 0.2) is 47.9 Å². The molecule has 1 fully saturated rings. The number of nitrogen functional groups attached to an aromatic ring is 1. The molecule has 42 heavy (non-hydrogen) atoms. The van der Waals surface area contributed by atoms with Crippen LogP contribution in [-0.4, -0.2) is 94.1 Å². The van der Waals surface area contributed by atoms with E-state index in [2.05, 4.69) is 5.32 Å². The average Bonchev–Trinajstić information content (AvgIpc) is 2.90. The van der Waals surface area contributed by atoms with Crippen LogP contribution in [0.15, 0.2) is 0 Å². The van der Waals surface area contributed by atoms with Gasteiger partial charge in [-0.15, -0.1) is 0 Å². The number of halogens is 4. The highest BCUT2D eigenvalue weighted by Crippen LogP contribution is 2.29. The zero-order valence-corrected chi connectivity index (χ0v) is 23.2. The number of nitrogens with two attached hydrogens (primary N) is 1. The quantitative estimate of drug-likeness (QED) is 0.0768. The van der Waals surface area contributed by atoms with Crippen LogP contribution in [-0.2, 0) is 47.5 Å². The predicted molar refractivity (Wildman–Crippen MR) is 132 cm³/mol. The molecule has 1 amide bonds. The highest BCUT2D eigenvalue weighted by molar-refractivity contribution is 5.95. The fourth-order valence-corrected chi connectivity index (χ4v) is 3.82. The molecule has 1 aromatic rings. The van der Waals surface area contributed by atoms with E-state index in [0.717, 1.165) is 20.8 Å². The van der Waals surface area contributed by atoms with Gasteiger partial charge in [-0.05, 0) is 6.92 Å². The zero-order valence-electron chi connectivity index (χ0n) is 23.2. The van der Waals surface area contributed by atoms with Crippen molar-refractivity contribution >= 4 is 29.5 Å². The standard InChI is InChI=1S/C25H32F4N2O11/c1-11-21(40-12(2)32)22(41-13(3)33)23(42-14(4)34)25(39-11)38-10-9-37-8-7-36-6-5-31-24(35)15-16(26)18(28)20(30)19(29)17(15)27/h11,21-23,25H,5-10,30H2,1-4H3,(H,31,35)/t11-,21?,22?,23-,25?/m0/s1. The molecule has 17 heteroatoms. The summed E-state index contributed by atoms with van der Waals surface area (Å²) in [4.78, 5) is 46.8. The second kappa shape index (κ2) is 16.2. The van der Waals surface area contributed by atoms with Gasteiger partial charge in [-0.1, -0.05) is 0 Å². The van der Waals surface area contributed by atoms with Gasteiger partial charge in [0.25, 0.3) is 5.91 Å². The molecule has 1 heterocycles. The smallest absolute Gasteiger partial charge is 0.303 e. The molecule has 0 radical (unpaired) electrons. The number of benzene rings is 1. The summed E-state index contributed by atoms with van der Waals surface area (Å²) < 4.78 is 92.3. The lowest BCUT2D eigenvalue weighted by molar-refractivity contribution is -0.302. The Labute approximate surface area is 237 Å². The molecule has 0 saturated carbocycles. The molecule has 0 aliphatic carbocycles. The van der Waals surface area contributed by atoms with E-state index in [1.54, 1.807) is 6.92 Å². The second-order valence-electron chi connectivity index (χ2n) is 8.83. The van der Waals surface area contributed by atoms with Gasteiger partial charge in [-0.2, -0.15) is 0 Å². The zero-order chi connectivity index (χ0) is 31.6. The maximum Gasteiger partial charge on any atom is 0.303 e. The van der Waals surface area contributed by atoms with Crippen molar-refractivity contribution in [3.05, 3.63) is 28.8 Å². The van der Waals surface area contributed by atoms with Crippen molar-refractivity contribution in [2.24, 2.45) is 0 Å². The maximum absolute atomic E-state index is 13.8. The van der Waals surface area contributed by atoms with E-state index in [1.807, 2.05) is 0 Å². The molecule has 0 aromatic heterocycles. The molecule has 1 aliphatic rings. The molecule has 1 aromatic carbocycles. The Kier molecular flexibility index (Phi) is 13.4. The number of anilines is 1. The number of carbonyl (C=O) groups is 4. The topological polar surface area (TPSA) is 171 Å². The first-order valence-electron chi connectivity index (χ1n) is 12.6. The van der Waals surface area contributed by atoms with Crippen LogP contribution in [0.2, 0.25) is 0 Å². The summed E-state index contributed by atoms with van der Waals surface area (Å²) in [6, 6.07) is 0. The van der Waals surface area contributed by atoms with Crippen LogP contribution < -0.4 is 11.1 Å². The van der Waals surface area contributed by atoms with Gasteiger partial charge in [-0.3, -0.25) is 19.2 Å². The number of carbonyl (C=O) groups excluding carboxylic acids is 4. The average molecular weight is 613 g/mol. The van der Waals surface area contributed by atoms with E-state index in [9.17, 15) is 36.7 Å². The van der Waals surface area contributed by atoms with Gasteiger partial charge < -0.3 is 44.2 Å². The van der Waals surface area contributed by atoms with Crippen molar-refractivity contribution in [3.63, 3.8) is 0 Å². The second-order valence-corrected chi connectivity index (χ2v) is 8.83. The number of hydrogen-bond donors (Lipinski definition) is 2. The molecule has 3 N–H and O–H groups in total. The summed E-state index contributed by atoms with van der Waals surface area (Å²) >= 11 is 0. The Hall–Kier alpha value is -3.54. The molecule has 13 nitrogen and oxygen atoms in total. The molecule has 1 aliphatic heterocycles. The van der Waals surface area contributed by atoms with Crippen LogP contribution in [0.4, 0.5) is 23.2 Å². The first kappa shape index (κ1) is 34.7. The van der Waals surface area contributed by atoms with E-state index in [0.29, 0.717) is 0 Å². The van der Waals surface area contributed by atoms with Gasteiger partial charge in [0.1, 0.15) is 11.3 Å². The molecular formula is C25H32F4N2O11. The predicted octanol–water partition coefficient (Wildman–Crippen LogP) is 1.14. The molecule has 3 unspecified atom stereocenters. The summed E-state index contributed by atoms with van der Waals surface area (Å²) in [7, 11) is 0. The highest BCUT2D eigenvalue weighted by atomic mass is 19.2. The van der Waals surface area contributed by atoms with Crippen LogP contribution in [0.3, 0.4) is 0 Å². The first-order chi connectivity index (χ1) is 19.8. The Morgan fingerprint density at radius 3 is 1.76 bits per heavy atom. The van der Waals surface area contributed by atoms with Gasteiger partial charge in [-0.25, -0.2) is 17.6 Å². The van der Waals surface area contributed by atoms with E-state index < -0.39 is 89.0 Å². The Bertz CT molecular complexity index is 1110. The number of esters is 3. The first-order valence-corrected chi connectivity index (χ1v) is 12.6. The Balaban J connectivity index is 1.76. The van der Waals surface area contributed by atoms with Gasteiger partial charge in [0.2, 0.25) is 0 Å². The third-order valence-corrected chi connectivity index (χ3v) is 5.57. The third kappa shape index (κ3) is 9.50. The molecular weight excluding hydrogens is 580 g/mol. The van der Waals surface area contributed by atoms with Crippen molar-refractivity contribution in [1.29, 1.82) is 0 Å². The minimum atomic E-state index is -1.92. The molecule has 236 valence electrons. The van der Waals surface area contributed by atoms with Crippen molar-refractivity contribution in [2.75, 3.05) is 45.3 Å².